The van der Waals surface area contributed by atoms with Crippen molar-refractivity contribution in [2.45, 2.75) is 46.1 Å². The maximum absolute atomic E-state index is 13.3. The van der Waals surface area contributed by atoms with Gasteiger partial charge in [-0.05, 0) is 64.3 Å². The Balaban J connectivity index is 1.65. The number of aromatic nitrogens is 4. The van der Waals surface area contributed by atoms with Gasteiger partial charge in [-0.25, -0.2) is 9.07 Å². The molecule has 6 nitrogen and oxygen atoms in total. The van der Waals surface area contributed by atoms with Gasteiger partial charge in [-0.2, -0.15) is 10.2 Å². The van der Waals surface area contributed by atoms with E-state index in [0.717, 1.165) is 53.2 Å². The van der Waals surface area contributed by atoms with Crippen molar-refractivity contribution in [2.75, 3.05) is 0 Å². The van der Waals surface area contributed by atoms with Crippen LogP contribution in [0.1, 0.15) is 58.1 Å². The molecule has 1 aliphatic rings. The van der Waals surface area contributed by atoms with Gasteiger partial charge < -0.3 is 5.32 Å². The van der Waals surface area contributed by atoms with Gasteiger partial charge in [0, 0.05) is 29.6 Å². The molecule has 0 fully saturated rings. The van der Waals surface area contributed by atoms with Crippen molar-refractivity contribution in [3.8, 4) is 5.69 Å². The number of carbonyl (C=O) groups is 1. The van der Waals surface area contributed by atoms with E-state index in [-0.39, 0.29) is 17.8 Å². The zero-order valence-corrected chi connectivity index (χ0v) is 16.6. The summed E-state index contributed by atoms with van der Waals surface area (Å²) in [5, 5.41) is 12.1. The number of carbonyl (C=O) groups excluding carboxylic acids is 1. The van der Waals surface area contributed by atoms with Crippen LogP contribution in [-0.2, 0) is 19.9 Å². The third kappa shape index (κ3) is 3.00. The normalized spacial score (nSPS) is 14.2. The lowest BCUT2D eigenvalue weighted by Gasteiger charge is -2.14. The van der Waals surface area contributed by atoms with Gasteiger partial charge in [-0.3, -0.25) is 9.48 Å². The van der Waals surface area contributed by atoms with Gasteiger partial charge in [-0.15, -0.1) is 0 Å². The van der Waals surface area contributed by atoms with Gasteiger partial charge >= 0.3 is 0 Å². The topological polar surface area (TPSA) is 64.7 Å². The van der Waals surface area contributed by atoms with E-state index in [4.69, 9.17) is 0 Å². The number of hydrogen-bond donors (Lipinski definition) is 1. The Kier molecular flexibility index (Phi) is 4.53. The minimum absolute atomic E-state index is 0.172. The van der Waals surface area contributed by atoms with Crippen LogP contribution in [0.2, 0.25) is 0 Å². The van der Waals surface area contributed by atoms with Gasteiger partial charge in [0.05, 0.1) is 17.4 Å². The van der Waals surface area contributed by atoms with E-state index in [9.17, 15) is 9.18 Å². The second-order valence-electron chi connectivity index (χ2n) is 7.42. The lowest BCUT2D eigenvalue weighted by molar-refractivity contribution is 0.0933. The third-order valence-electron chi connectivity index (χ3n) is 5.56. The number of fused-ring (bicyclic) bond motifs is 1. The molecule has 0 aliphatic heterocycles. The van der Waals surface area contributed by atoms with Gasteiger partial charge in [0.25, 0.3) is 5.91 Å². The molecule has 1 aromatic carbocycles. The van der Waals surface area contributed by atoms with Gasteiger partial charge in [0.1, 0.15) is 5.82 Å². The Morgan fingerprint density at radius 2 is 1.89 bits per heavy atom. The minimum Gasteiger partial charge on any atom is -0.344 e. The number of rotatable bonds is 4. The molecule has 0 bridgehead atoms. The van der Waals surface area contributed by atoms with E-state index in [1.165, 1.54) is 12.1 Å². The van der Waals surface area contributed by atoms with Crippen LogP contribution in [0.5, 0.6) is 0 Å². The van der Waals surface area contributed by atoms with Crippen LogP contribution in [0.3, 0.4) is 0 Å². The van der Waals surface area contributed by atoms with E-state index in [1.807, 2.05) is 32.5 Å². The summed E-state index contributed by atoms with van der Waals surface area (Å²) in [6.07, 6.45) is 2.69. The summed E-state index contributed by atoms with van der Waals surface area (Å²) >= 11 is 0. The summed E-state index contributed by atoms with van der Waals surface area (Å²) in [5.41, 5.74) is 6.24. The van der Waals surface area contributed by atoms with Crippen molar-refractivity contribution in [2.24, 2.45) is 7.05 Å². The standard InChI is InChI=1S/C21H24FN5O/c1-12(19-13(2)24-26(4)14(19)3)23-21(28)20-17-6-5-7-18(17)27(25-20)16-10-8-15(22)9-11-16/h8-12H,5-7H2,1-4H3,(H,23,28)/t12-/m0/s1. The molecule has 0 saturated carbocycles. The molecule has 4 rings (SSSR count). The van der Waals surface area contributed by atoms with Crippen molar-refractivity contribution in [3.63, 3.8) is 0 Å². The molecule has 1 aliphatic carbocycles. The zero-order valence-electron chi connectivity index (χ0n) is 16.6. The third-order valence-corrected chi connectivity index (χ3v) is 5.56. The summed E-state index contributed by atoms with van der Waals surface area (Å²) < 4.78 is 16.9. The predicted molar refractivity (Wildman–Crippen MR) is 104 cm³/mol. The molecule has 0 spiro atoms. The first-order valence-electron chi connectivity index (χ1n) is 9.54. The molecule has 28 heavy (non-hydrogen) atoms. The van der Waals surface area contributed by atoms with Crippen LogP contribution in [0.15, 0.2) is 24.3 Å². The molecule has 2 heterocycles. The van der Waals surface area contributed by atoms with Gasteiger partial charge in [0.15, 0.2) is 5.69 Å². The van der Waals surface area contributed by atoms with Gasteiger partial charge in [-0.1, -0.05) is 0 Å². The molecular weight excluding hydrogens is 357 g/mol. The Bertz CT molecular complexity index is 1050. The van der Waals surface area contributed by atoms with Crippen LogP contribution in [-0.4, -0.2) is 25.5 Å². The monoisotopic (exact) mass is 381 g/mol. The summed E-state index contributed by atoms with van der Waals surface area (Å²) in [7, 11) is 1.90. The summed E-state index contributed by atoms with van der Waals surface area (Å²) in [6, 6.07) is 6.03. The molecule has 1 amide bonds. The molecule has 0 unspecified atom stereocenters. The van der Waals surface area contributed by atoms with Crippen molar-refractivity contribution in [1.82, 2.24) is 24.9 Å². The van der Waals surface area contributed by atoms with Gasteiger partial charge in [0.2, 0.25) is 0 Å². The van der Waals surface area contributed by atoms with Crippen molar-refractivity contribution < 1.29 is 9.18 Å². The smallest absolute Gasteiger partial charge is 0.272 e. The first kappa shape index (κ1) is 18.4. The Morgan fingerprint density at radius 1 is 1.18 bits per heavy atom. The number of nitrogens with zero attached hydrogens (tertiary/aromatic N) is 4. The lowest BCUT2D eigenvalue weighted by Crippen LogP contribution is -2.28. The summed E-state index contributed by atoms with van der Waals surface area (Å²) in [4.78, 5) is 13.0. The highest BCUT2D eigenvalue weighted by Crippen LogP contribution is 2.29. The Hall–Kier alpha value is -2.96. The van der Waals surface area contributed by atoms with Crippen LogP contribution in [0, 0.1) is 19.7 Å². The molecule has 1 atom stereocenters. The van der Waals surface area contributed by atoms with Crippen molar-refractivity contribution in [1.29, 1.82) is 0 Å². The number of hydrogen-bond acceptors (Lipinski definition) is 3. The highest BCUT2D eigenvalue weighted by molar-refractivity contribution is 5.94. The molecule has 3 aromatic rings. The highest BCUT2D eigenvalue weighted by Gasteiger charge is 2.28. The molecule has 0 radical (unpaired) electrons. The van der Waals surface area contributed by atoms with Crippen LogP contribution >= 0.6 is 0 Å². The molecule has 0 saturated heterocycles. The fourth-order valence-corrected chi connectivity index (χ4v) is 4.17. The number of benzene rings is 1. The van der Waals surface area contributed by atoms with E-state index in [2.05, 4.69) is 15.5 Å². The molecular formula is C21H24FN5O. The van der Waals surface area contributed by atoms with Crippen LogP contribution < -0.4 is 5.32 Å². The molecule has 1 N–H and O–H groups in total. The fourth-order valence-electron chi connectivity index (χ4n) is 4.17. The number of nitrogens with one attached hydrogen (secondary N) is 1. The quantitative estimate of drug-likeness (QED) is 0.754. The molecule has 146 valence electrons. The largest absolute Gasteiger partial charge is 0.344 e. The second-order valence-corrected chi connectivity index (χ2v) is 7.42. The Morgan fingerprint density at radius 3 is 2.54 bits per heavy atom. The maximum atomic E-state index is 13.3. The number of halogens is 1. The van der Waals surface area contributed by atoms with Crippen LogP contribution in [0.25, 0.3) is 5.69 Å². The predicted octanol–water partition coefficient (Wildman–Crippen LogP) is 3.34. The average Bonchev–Trinajstić information content (AvgIpc) is 3.30. The SMILES string of the molecule is Cc1nn(C)c(C)c1[C@H](C)NC(=O)c1nn(-c2ccc(F)cc2)c2c1CCC2. The van der Waals surface area contributed by atoms with E-state index in [0.29, 0.717) is 5.69 Å². The first-order valence-corrected chi connectivity index (χ1v) is 9.54. The highest BCUT2D eigenvalue weighted by atomic mass is 19.1. The Labute approximate surface area is 163 Å². The minimum atomic E-state index is -0.290. The first-order chi connectivity index (χ1) is 13.4. The summed E-state index contributed by atoms with van der Waals surface area (Å²) in [5.74, 6) is -0.476. The fraction of sp³-hybridized carbons (Fsp3) is 0.381. The van der Waals surface area contributed by atoms with E-state index >= 15 is 0 Å². The van der Waals surface area contributed by atoms with Crippen molar-refractivity contribution >= 4 is 5.91 Å². The average molecular weight is 381 g/mol. The van der Waals surface area contributed by atoms with Crippen molar-refractivity contribution in [3.05, 3.63) is 64.0 Å². The zero-order chi connectivity index (χ0) is 20.0. The van der Waals surface area contributed by atoms with E-state index in [1.54, 1.807) is 16.8 Å². The number of amides is 1. The second kappa shape index (κ2) is 6.89. The maximum Gasteiger partial charge on any atom is 0.272 e. The lowest BCUT2D eigenvalue weighted by atomic mass is 10.1. The van der Waals surface area contributed by atoms with Crippen LogP contribution in [0.4, 0.5) is 4.39 Å². The molecule has 2 aromatic heterocycles. The summed E-state index contributed by atoms with van der Waals surface area (Å²) in [6.45, 7) is 5.91. The number of aryl methyl sites for hydroxylation is 2. The molecule has 7 heteroatoms. The van der Waals surface area contributed by atoms with E-state index < -0.39 is 0 Å².